The third-order valence-corrected chi connectivity index (χ3v) is 5.63. The van der Waals surface area contributed by atoms with E-state index in [1.165, 1.54) is 12.8 Å². The van der Waals surface area contributed by atoms with Crippen LogP contribution in [0.25, 0.3) is 0 Å². The number of aromatic nitrogens is 2. The lowest BCUT2D eigenvalue weighted by Crippen LogP contribution is -2.45. The summed E-state index contributed by atoms with van der Waals surface area (Å²) in [5, 5.41) is 0. The van der Waals surface area contributed by atoms with E-state index >= 15 is 0 Å². The highest BCUT2D eigenvalue weighted by molar-refractivity contribution is 7.89. The van der Waals surface area contributed by atoms with Crippen LogP contribution in [0.15, 0.2) is 18.5 Å². The van der Waals surface area contributed by atoms with Gasteiger partial charge in [0.15, 0.2) is 0 Å². The topological polar surface area (TPSA) is 75.2 Å². The van der Waals surface area contributed by atoms with Crippen LogP contribution in [0.5, 0.6) is 0 Å². The fourth-order valence-corrected chi connectivity index (χ4v) is 4.20. The van der Waals surface area contributed by atoms with Crippen LogP contribution in [0.2, 0.25) is 0 Å². The molecule has 21 heavy (non-hydrogen) atoms. The molecule has 116 valence electrons. The molecule has 6 nitrogen and oxygen atoms in total. The molecule has 0 spiro atoms. The first-order valence-electron chi connectivity index (χ1n) is 7.64. The fraction of sp³-hybridized carbons (Fsp3) is 0.714. The quantitative estimate of drug-likeness (QED) is 0.853. The van der Waals surface area contributed by atoms with E-state index in [9.17, 15) is 8.42 Å². The van der Waals surface area contributed by atoms with Gasteiger partial charge in [0.05, 0.1) is 5.75 Å². The van der Waals surface area contributed by atoms with Gasteiger partial charge >= 0.3 is 0 Å². The van der Waals surface area contributed by atoms with E-state index in [0.29, 0.717) is 5.92 Å². The monoisotopic (exact) mass is 310 g/mol. The lowest BCUT2D eigenvalue weighted by molar-refractivity contribution is 0.455. The van der Waals surface area contributed by atoms with Crippen LogP contribution in [-0.4, -0.2) is 43.3 Å². The summed E-state index contributed by atoms with van der Waals surface area (Å²) in [5.74, 6) is 1.66. The minimum Gasteiger partial charge on any atom is -0.341 e. The summed E-state index contributed by atoms with van der Waals surface area (Å²) in [6.07, 6.45) is 8.29. The predicted octanol–water partition coefficient (Wildman–Crippen LogP) is 1.16. The molecular formula is C14H22N4O2S. The van der Waals surface area contributed by atoms with Crippen molar-refractivity contribution < 1.29 is 8.42 Å². The van der Waals surface area contributed by atoms with Gasteiger partial charge in [-0.05, 0) is 31.2 Å². The first-order chi connectivity index (χ1) is 10.1. The Balaban J connectivity index is 1.47. The molecule has 0 amide bonds. The van der Waals surface area contributed by atoms with Gasteiger partial charge in [-0.2, -0.15) is 0 Å². The third kappa shape index (κ3) is 4.38. The maximum atomic E-state index is 12.0. The summed E-state index contributed by atoms with van der Waals surface area (Å²) < 4.78 is 26.9. The number of nitrogens with zero attached hydrogens (tertiary/aromatic N) is 3. The molecule has 3 rings (SSSR count). The van der Waals surface area contributed by atoms with Gasteiger partial charge in [0, 0.05) is 31.5 Å². The van der Waals surface area contributed by atoms with Crippen LogP contribution in [0.1, 0.15) is 32.1 Å². The maximum absolute atomic E-state index is 12.0. The molecule has 1 aromatic heterocycles. The van der Waals surface area contributed by atoms with Crippen LogP contribution in [0.3, 0.4) is 0 Å². The Morgan fingerprint density at radius 2 is 1.81 bits per heavy atom. The molecule has 0 bridgehead atoms. The third-order valence-electron chi connectivity index (χ3n) is 4.17. The lowest BCUT2D eigenvalue weighted by Gasteiger charge is -2.32. The number of sulfonamides is 1. The molecule has 1 aliphatic carbocycles. The normalized spacial score (nSPS) is 20.7. The molecule has 0 aromatic carbocycles. The predicted molar refractivity (Wildman–Crippen MR) is 81.5 cm³/mol. The molecular weight excluding hydrogens is 288 g/mol. The number of hydrogen-bond acceptors (Lipinski definition) is 5. The highest BCUT2D eigenvalue weighted by Crippen LogP contribution is 2.32. The van der Waals surface area contributed by atoms with E-state index in [4.69, 9.17) is 0 Å². The van der Waals surface area contributed by atoms with E-state index in [1.54, 1.807) is 18.5 Å². The average molecular weight is 310 g/mol. The van der Waals surface area contributed by atoms with Crippen LogP contribution in [-0.2, 0) is 10.0 Å². The summed E-state index contributed by atoms with van der Waals surface area (Å²) in [4.78, 5) is 10.6. The van der Waals surface area contributed by atoms with Crippen molar-refractivity contribution in [3.05, 3.63) is 18.5 Å². The van der Waals surface area contributed by atoms with Crippen molar-refractivity contribution >= 4 is 16.0 Å². The standard InChI is InChI=1S/C14H22N4O2S/c19-21(20,11-6-12-2-3-12)17-13-4-9-18(10-5-13)14-15-7-1-8-16-14/h1,7-8,12-13,17H,2-6,9-11H2. The number of piperidine rings is 1. The molecule has 0 unspecified atom stereocenters. The van der Waals surface area contributed by atoms with Crippen LogP contribution in [0, 0.1) is 5.92 Å². The summed E-state index contributed by atoms with van der Waals surface area (Å²) in [6, 6.07) is 1.85. The summed E-state index contributed by atoms with van der Waals surface area (Å²) in [5.41, 5.74) is 0. The number of rotatable bonds is 6. The van der Waals surface area contributed by atoms with Crippen molar-refractivity contribution in [2.45, 2.75) is 38.1 Å². The molecule has 0 radical (unpaired) electrons. The molecule has 0 atom stereocenters. The summed E-state index contributed by atoms with van der Waals surface area (Å²) in [6.45, 7) is 1.58. The Labute approximate surface area is 126 Å². The summed E-state index contributed by atoms with van der Waals surface area (Å²) in [7, 11) is -3.12. The second-order valence-electron chi connectivity index (χ2n) is 5.98. The van der Waals surface area contributed by atoms with Gasteiger partial charge < -0.3 is 4.90 Å². The van der Waals surface area contributed by atoms with Gasteiger partial charge in [0.25, 0.3) is 0 Å². The van der Waals surface area contributed by atoms with E-state index in [1.807, 2.05) is 0 Å². The van der Waals surface area contributed by atoms with Gasteiger partial charge in [-0.15, -0.1) is 0 Å². The molecule has 1 N–H and O–H groups in total. The second-order valence-corrected chi connectivity index (χ2v) is 7.85. The highest BCUT2D eigenvalue weighted by Gasteiger charge is 2.27. The van der Waals surface area contributed by atoms with Gasteiger partial charge in [-0.3, -0.25) is 0 Å². The minimum atomic E-state index is -3.12. The number of nitrogens with one attached hydrogen (secondary N) is 1. The molecule has 1 saturated carbocycles. The van der Waals surface area contributed by atoms with Crippen molar-refractivity contribution in [1.29, 1.82) is 0 Å². The zero-order valence-corrected chi connectivity index (χ0v) is 12.9. The van der Waals surface area contributed by atoms with Gasteiger partial charge in [0.1, 0.15) is 0 Å². The van der Waals surface area contributed by atoms with Crippen molar-refractivity contribution in [2.24, 2.45) is 5.92 Å². The molecule has 1 aromatic rings. The van der Waals surface area contributed by atoms with E-state index in [0.717, 1.165) is 38.3 Å². The largest absolute Gasteiger partial charge is 0.341 e. The van der Waals surface area contributed by atoms with Crippen molar-refractivity contribution in [2.75, 3.05) is 23.7 Å². The molecule has 1 aliphatic heterocycles. The Hall–Kier alpha value is -1.21. The maximum Gasteiger partial charge on any atom is 0.225 e. The lowest BCUT2D eigenvalue weighted by atomic mass is 10.1. The molecule has 7 heteroatoms. The van der Waals surface area contributed by atoms with Gasteiger partial charge in [-0.25, -0.2) is 23.1 Å². The molecule has 2 fully saturated rings. The minimum absolute atomic E-state index is 0.0502. The Kier molecular flexibility index (Phi) is 4.40. The smallest absolute Gasteiger partial charge is 0.225 e. The number of hydrogen-bond donors (Lipinski definition) is 1. The van der Waals surface area contributed by atoms with E-state index in [-0.39, 0.29) is 11.8 Å². The molecule has 2 heterocycles. The zero-order valence-electron chi connectivity index (χ0n) is 12.1. The Bertz CT molecular complexity index is 552. The Morgan fingerprint density at radius 3 is 2.43 bits per heavy atom. The Morgan fingerprint density at radius 1 is 1.14 bits per heavy atom. The van der Waals surface area contributed by atoms with Crippen LogP contribution in [0.4, 0.5) is 5.95 Å². The van der Waals surface area contributed by atoms with E-state index < -0.39 is 10.0 Å². The van der Waals surface area contributed by atoms with Crippen LogP contribution >= 0.6 is 0 Å². The average Bonchev–Trinajstić information content (AvgIpc) is 3.31. The first-order valence-corrected chi connectivity index (χ1v) is 9.29. The van der Waals surface area contributed by atoms with Crippen LogP contribution < -0.4 is 9.62 Å². The molecule has 1 saturated heterocycles. The highest BCUT2D eigenvalue weighted by atomic mass is 32.2. The van der Waals surface area contributed by atoms with Crippen molar-refractivity contribution in [3.63, 3.8) is 0 Å². The SMILES string of the molecule is O=S(=O)(CCC1CC1)NC1CCN(c2ncccn2)CC1. The van der Waals surface area contributed by atoms with E-state index in [2.05, 4.69) is 19.6 Å². The summed E-state index contributed by atoms with van der Waals surface area (Å²) >= 11 is 0. The van der Waals surface area contributed by atoms with Gasteiger partial charge in [0.2, 0.25) is 16.0 Å². The number of anilines is 1. The first kappa shape index (κ1) is 14.7. The zero-order chi connectivity index (χ0) is 14.7. The van der Waals surface area contributed by atoms with Crippen molar-refractivity contribution in [3.8, 4) is 0 Å². The van der Waals surface area contributed by atoms with Gasteiger partial charge in [-0.1, -0.05) is 12.8 Å². The molecule has 2 aliphatic rings. The van der Waals surface area contributed by atoms with Crippen molar-refractivity contribution in [1.82, 2.24) is 14.7 Å². The second kappa shape index (κ2) is 6.27. The fourth-order valence-electron chi connectivity index (χ4n) is 2.69.